The summed E-state index contributed by atoms with van der Waals surface area (Å²) in [6.07, 6.45) is 4.91. The van der Waals surface area contributed by atoms with E-state index in [0.29, 0.717) is 22.1 Å². The number of nitrogens with one attached hydrogen (secondary N) is 1. The predicted octanol–water partition coefficient (Wildman–Crippen LogP) is 5.41. The van der Waals surface area contributed by atoms with Crippen LogP contribution in [0.5, 0.6) is 11.5 Å². The molecule has 1 N–H and O–H groups in total. The molecule has 3 heterocycles. The predicted molar refractivity (Wildman–Crippen MR) is 142 cm³/mol. The number of amides is 2. The highest BCUT2D eigenvalue weighted by molar-refractivity contribution is 7.80. The van der Waals surface area contributed by atoms with Crippen molar-refractivity contribution < 1.29 is 14.3 Å². The molecule has 178 valence electrons. The number of piperidine rings is 1. The normalized spacial score (nSPS) is 17.6. The summed E-state index contributed by atoms with van der Waals surface area (Å²) in [7, 11) is 0. The summed E-state index contributed by atoms with van der Waals surface area (Å²) in [5, 5.41) is 3.68. The molecule has 0 bridgehead atoms. The highest BCUT2D eigenvalue weighted by Gasteiger charge is 2.35. The van der Waals surface area contributed by atoms with E-state index in [9.17, 15) is 9.59 Å². The minimum atomic E-state index is -0.565. The number of anilines is 2. The summed E-state index contributed by atoms with van der Waals surface area (Å²) in [5.41, 5.74) is 0.453. The van der Waals surface area contributed by atoms with Gasteiger partial charge in [0.15, 0.2) is 10.2 Å². The van der Waals surface area contributed by atoms with Crippen LogP contribution in [0.15, 0.2) is 60.2 Å². The molecule has 35 heavy (non-hydrogen) atoms. The van der Waals surface area contributed by atoms with E-state index in [4.69, 9.17) is 28.6 Å². The van der Waals surface area contributed by atoms with Crippen molar-refractivity contribution in [1.82, 2.24) is 10.3 Å². The molecule has 10 heteroatoms. The Hall–Kier alpha value is -3.27. The van der Waals surface area contributed by atoms with Crippen LogP contribution in [0.2, 0.25) is 5.15 Å². The van der Waals surface area contributed by atoms with Crippen LogP contribution in [0.1, 0.15) is 24.1 Å². The molecular weight excluding hydrogens is 504 g/mol. The van der Waals surface area contributed by atoms with Crippen molar-refractivity contribution in [2.24, 2.45) is 0 Å². The van der Waals surface area contributed by atoms with E-state index in [-0.39, 0.29) is 15.8 Å². The first-order chi connectivity index (χ1) is 17.0. The number of nitrogens with zero attached hydrogens (tertiary/aromatic N) is 3. The minimum Gasteiger partial charge on any atom is -0.457 e. The van der Waals surface area contributed by atoms with Crippen LogP contribution in [0, 0.1) is 0 Å². The van der Waals surface area contributed by atoms with E-state index in [1.807, 2.05) is 30.3 Å². The lowest BCUT2D eigenvalue weighted by molar-refractivity contribution is -0.122. The van der Waals surface area contributed by atoms with Gasteiger partial charge >= 0.3 is 0 Å². The van der Waals surface area contributed by atoms with Crippen molar-refractivity contribution in [2.45, 2.75) is 19.3 Å². The van der Waals surface area contributed by atoms with Crippen molar-refractivity contribution in [3.05, 3.63) is 70.2 Å². The van der Waals surface area contributed by atoms with Crippen LogP contribution in [0.25, 0.3) is 6.08 Å². The molecule has 0 radical (unpaired) electrons. The third kappa shape index (κ3) is 5.07. The highest BCUT2D eigenvalue weighted by Crippen LogP contribution is 2.34. The van der Waals surface area contributed by atoms with Crippen molar-refractivity contribution in [3.8, 4) is 11.5 Å². The zero-order valence-electron chi connectivity index (χ0n) is 18.6. The number of carbonyl (C=O) groups excluding carboxylic acids is 2. The number of ether oxygens (including phenoxy) is 1. The zero-order chi connectivity index (χ0) is 24.4. The standard InChI is InChI=1S/C25H21ClN4O3S2/c26-21-20(35-25(27-21)29-13-5-2-6-14-29)15-19-22(31)28-24(34)30(23(19)32)16-9-11-18(12-10-16)33-17-7-3-1-4-8-17/h1,3-4,7-12,15H,2,5-6,13-14H2,(H,28,31,34)/b19-15+. The number of thiazole rings is 1. The van der Waals surface area contributed by atoms with Gasteiger partial charge in [0.25, 0.3) is 11.8 Å². The second-order valence-electron chi connectivity index (χ2n) is 8.07. The summed E-state index contributed by atoms with van der Waals surface area (Å²) < 4.78 is 5.82. The van der Waals surface area contributed by atoms with Gasteiger partial charge in [-0.1, -0.05) is 41.1 Å². The van der Waals surface area contributed by atoms with Gasteiger partial charge in [-0.3, -0.25) is 19.8 Å². The number of carbonyl (C=O) groups is 2. The Balaban J connectivity index is 1.39. The second-order valence-corrected chi connectivity index (χ2v) is 9.82. The van der Waals surface area contributed by atoms with Gasteiger partial charge in [0.2, 0.25) is 0 Å². The molecule has 7 nitrogen and oxygen atoms in total. The maximum atomic E-state index is 13.4. The van der Waals surface area contributed by atoms with E-state index in [2.05, 4.69) is 15.2 Å². The third-order valence-corrected chi connectivity index (χ3v) is 7.42. The molecule has 1 aromatic heterocycles. The average molecular weight is 525 g/mol. The lowest BCUT2D eigenvalue weighted by Crippen LogP contribution is -2.54. The molecule has 0 saturated carbocycles. The molecule has 2 aliphatic rings. The molecule has 2 saturated heterocycles. The number of halogens is 1. The van der Waals surface area contributed by atoms with E-state index >= 15 is 0 Å². The summed E-state index contributed by atoms with van der Waals surface area (Å²) in [6.45, 7) is 1.84. The van der Waals surface area contributed by atoms with E-state index < -0.39 is 11.8 Å². The first kappa shape index (κ1) is 23.5. The van der Waals surface area contributed by atoms with Crippen molar-refractivity contribution >= 4 is 69.0 Å². The number of aromatic nitrogens is 1. The quantitative estimate of drug-likeness (QED) is 0.273. The Labute approximate surface area is 217 Å². The number of thiocarbonyl (C=S) groups is 1. The van der Waals surface area contributed by atoms with Crippen molar-refractivity contribution in [2.75, 3.05) is 22.9 Å². The van der Waals surface area contributed by atoms with Crippen LogP contribution in [0.4, 0.5) is 10.8 Å². The van der Waals surface area contributed by atoms with E-state index in [1.165, 1.54) is 28.7 Å². The van der Waals surface area contributed by atoms with Crippen LogP contribution in [-0.2, 0) is 9.59 Å². The molecular formula is C25H21ClN4O3S2. The summed E-state index contributed by atoms with van der Waals surface area (Å²) in [5.74, 6) is 0.216. The molecule has 0 unspecified atom stereocenters. The largest absolute Gasteiger partial charge is 0.457 e. The van der Waals surface area contributed by atoms with Gasteiger partial charge in [-0.05, 0) is 74.0 Å². The molecule has 2 fully saturated rings. The van der Waals surface area contributed by atoms with E-state index in [1.54, 1.807) is 24.3 Å². The monoisotopic (exact) mass is 524 g/mol. The first-order valence-corrected chi connectivity index (χ1v) is 12.8. The van der Waals surface area contributed by atoms with Crippen LogP contribution in [0.3, 0.4) is 0 Å². The van der Waals surface area contributed by atoms with Gasteiger partial charge in [-0.2, -0.15) is 0 Å². The van der Waals surface area contributed by atoms with Crippen LogP contribution >= 0.6 is 35.2 Å². The summed E-state index contributed by atoms with van der Waals surface area (Å²) >= 11 is 13.1. The average Bonchev–Trinajstić information content (AvgIpc) is 3.24. The fourth-order valence-electron chi connectivity index (χ4n) is 3.92. The molecule has 2 aliphatic heterocycles. The van der Waals surface area contributed by atoms with Crippen LogP contribution < -0.4 is 19.9 Å². The fraction of sp³-hybridized carbons (Fsp3) is 0.200. The first-order valence-electron chi connectivity index (χ1n) is 11.2. The second kappa shape index (κ2) is 10.2. The third-order valence-electron chi connectivity index (χ3n) is 5.68. The van der Waals surface area contributed by atoms with Gasteiger partial charge < -0.3 is 9.64 Å². The Morgan fingerprint density at radius 1 is 1.00 bits per heavy atom. The Morgan fingerprint density at radius 2 is 1.69 bits per heavy atom. The number of hydrogen-bond acceptors (Lipinski definition) is 7. The Bertz CT molecular complexity index is 1300. The molecule has 0 aliphatic carbocycles. The smallest absolute Gasteiger partial charge is 0.270 e. The topological polar surface area (TPSA) is 74.8 Å². The Morgan fingerprint density at radius 3 is 2.40 bits per heavy atom. The molecule has 2 aromatic carbocycles. The van der Waals surface area contributed by atoms with Crippen LogP contribution in [-0.4, -0.2) is 35.0 Å². The van der Waals surface area contributed by atoms with Gasteiger partial charge in [-0.25, -0.2) is 4.98 Å². The maximum Gasteiger partial charge on any atom is 0.270 e. The SMILES string of the molecule is O=C1NC(=S)N(c2ccc(Oc3ccccc3)cc2)C(=O)/C1=C/c1sc(N2CCCCC2)nc1Cl. The molecule has 3 aromatic rings. The van der Waals surface area contributed by atoms with Gasteiger partial charge in [0, 0.05) is 13.1 Å². The summed E-state index contributed by atoms with van der Waals surface area (Å²) in [6, 6.07) is 16.3. The zero-order valence-corrected chi connectivity index (χ0v) is 21.0. The molecule has 2 amide bonds. The number of para-hydroxylation sites is 1. The number of rotatable bonds is 5. The van der Waals surface area contributed by atoms with Gasteiger partial charge in [0.05, 0.1) is 10.6 Å². The maximum absolute atomic E-state index is 13.4. The minimum absolute atomic E-state index is 0.0123. The lowest BCUT2D eigenvalue weighted by Gasteiger charge is -2.29. The van der Waals surface area contributed by atoms with Gasteiger partial charge in [0.1, 0.15) is 22.2 Å². The molecule has 0 atom stereocenters. The number of benzene rings is 2. The van der Waals surface area contributed by atoms with Gasteiger partial charge in [-0.15, -0.1) is 0 Å². The summed E-state index contributed by atoms with van der Waals surface area (Å²) in [4.78, 5) is 34.5. The fourth-order valence-corrected chi connectivity index (χ4v) is 5.46. The van der Waals surface area contributed by atoms with Crippen molar-refractivity contribution in [1.29, 1.82) is 0 Å². The highest BCUT2D eigenvalue weighted by atomic mass is 35.5. The lowest BCUT2D eigenvalue weighted by atomic mass is 10.1. The number of hydrogen-bond donors (Lipinski definition) is 1. The van der Waals surface area contributed by atoms with Crippen molar-refractivity contribution in [3.63, 3.8) is 0 Å². The van der Waals surface area contributed by atoms with E-state index in [0.717, 1.165) is 31.1 Å². The Kier molecular flexibility index (Phi) is 6.81. The molecule has 5 rings (SSSR count). The molecule has 0 spiro atoms.